The molecule has 0 aliphatic rings. The molecule has 0 aliphatic heterocycles. The minimum Gasteiger partial charge on any atom is -0.389 e. The van der Waals surface area contributed by atoms with Gasteiger partial charge in [-0.05, 0) is 46.1 Å². The Labute approximate surface area is 133 Å². The number of nitrogens with two attached hydrogens (primary N) is 1. The summed E-state index contributed by atoms with van der Waals surface area (Å²) in [6, 6.07) is 16.5. The van der Waals surface area contributed by atoms with Gasteiger partial charge < -0.3 is 10.6 Å². The summed E-state index contributed by atoms with van der Waals surface area (Å²) in [6.07, 6.45) is 1.01. The summed E-state index contributed by atoms with van der Waals surface area (Å²) < 4.78 is 1.01. The third-order valence-corrected chi connectivity index (χ3v) is 4.09. The van der Waals surface area contributed by atoms with Crippen LogP contribution >= 0.6 is 28.1 Å². The van der Waals surface area contributed by atoms with Crippen LogP contribution in [-0.2, 0) is 6.42 Å². The van der Waals surface area contributed by atoms with E-state index in [2.05, 4.69) is 52.1 Å². The molecular formula is C16H17BrN2S. The van der Waals surface area contributed by atoms with Crippen molar-refractivity contribution in [2.75, 3.05) is 18.5 Å². The molecule has 0 unspecified atom stereocenters. The number of hydrogen-bond acceptors (Lipinski definition) is 2. The maximum atomic E-state index is 5.64. The van der Waals surface area contributed by atoms with Crippen molar-refractivity contribution in [2.24, 2.45) is 5.73 Å². The smallest absolute Gasteiger partial charge is 0.104 e. The molecule has 0 saturated heterocycles. The molecule has 2 aromatic rings. The van der Waals surface area contributed by atoms with E-state index in [0.717, 1.165) is 28.7 Å². The van der Waals surface area contributed by atoms with E-state index in [-0.39, 0.29) is 0 Å². The molecule has 0 spiro atoms. The highest BCUT2D eigenvalue weighted by atomic mass is 79.9. The van der Waals surface area contributed by atoms with Gasteiger partial charge in [-0.3, -0.25) is 0 Å². The summed E-state index contributed by atoms with van der Waals surface area (Å²) in [5, 5.41) is 0. The third-order valence-electron chi connectivity index (χ3n) is 3.22. The summed E-state index contributed by atoms with van der Waals surface area (Å²) in [5.41, 5.74) is 9.00. The van der Waals surface area contributed by atoms with Crippen molar-refractivity contribution in [3.8, 4) is 0 Å². The summed E-state index contributed by atoms with van der Waals surface area (Å²) in [5.74, 6) is 0. The van der Waals surface area contributed by atoms with Crippen molar-refractivity contribution in [1.29, 1.82) is 0 Å². The Morgan fingerprint density at radius 3 is 2.50 bits per heavy atom. The number of anilines is 1. The molecule has 4 heteroatoms. The standard InChI is InChI=1S/C16H17BrN2S/c1-19(10-9-12-5-3-2-4-6-12)15-8-7-13(16(18)20)11-14(15)17/h2-8,11H,9-10H2,1H3,(H2,18,20). The predicted octanol–water partition coefficient (Wildman–Crippen LogP) is 3.76. The van der Waals surface area contributed by atoms with E-state index < -0.39 is 0 Å². The van der Waals surface area contributed by atoms with Gasteiger partial charge in [-0.1, -0.05) is 42.5 Å². The lowest BCUT2D eigenvalue weighted by molar-refractivity contribution is 0.875. The maximum absolute atomic E-state index is 5.64. The number of benzene rings is 2. The quantitative estimate of drug-likeness (QED) is 0.834. The minimum atomic E-state index is 0.421. The second-order valence-electron chi connectivity index (χ2n) is 4.69. The third kappa shape index (κ3) is 3.81. The topological polar surface area (TPSA) is 29.3 Å². The Morgan fingerprint density at radius 2 is 1.90 bits per heavy atom. The summed E-state index contributed by atoms with van der Waals surface area (Å²) in [4.78, 5) is 2.64. The van der Waals surface area contributed by atoms with Crippen LogP contribution in [0.25, 0.3) is 0 Å². The Hall–Kier alpha value is -1.39. The summed E-state index contributed by atoms with van der Waals surface area (Å²) in [7, 11) is 2.09. The van der Waals surface area contributed by atoms with Crippen LogP contribution < -0.4 is 10.6 Å². The SMILES string of the molecule is CN(CCc1ccccc1)c1ccc(C(N)=S)cc1Br. The zero-order chi connectivity index (χ0) is 14.5. The highest BCUT2D eigenvalue weighted by Gasteiger charge is 2.07. The predicted molar refractivity (Wildman–Crippen MR) is 93.4 cm³/mol. The molecule has 2 N–H and O–H groups in total. The monoisotopic (exact) mass is 348 g/mol. The average Bonchev–Trinajstić information content (AvgIpc) is 2.45. The van der Waals surface area contributed by atoms with Crippen molar-refractivity contribution in [2.45, 2.75) is 6.42 Å². The lowest BCUT2D eigenvalue weighted by Gasteiger charge is -2.21. The fourth-order valence-electron chi connectivity index (χ4n) is 2.03. The van der Waals surface area contributed by atoms with Crippen LogP contribution in [0.15, 0.2) is 53.0 Å². The van der Waals surface area contributed by atoms with Crippen LogP contribution in [0.3, 0.4) is 0 Å². The number of likely N-dealkylation sites (N-methyl/N-ethyl adjacent to an activating group) is 1. The first-order valence-corrected chi connectivity index (χ1v) is 7.62. The van der Waals surface area contributed by atoms with Gasteiger partial charge in [-0.2, -0.15) is 0 Å². The molecule has 0 amide bonds. The van der Waals surface area contributed by atoms with E-state index in [1.807, 2.05) is 24.3 Å². The van der Waals surface area contributed by atoms with Crippen molar-refractivity contribution in [3.63, 3.8) is 0 Å². The van der Waals surface area contributed by atoms with Crippen LogP contribution in [-0.4, -0.2) is 18.6 Å². The van der Waals surface area contributed by atoms with E-state index in [4.69, 9.17) is 18.0 Å². The fourth-order valence-corrected chi connectivity index (χ4v) is 2.84. The molecule has 0 bridgehead atoms. The molecule has 0 atom stereocenters. The van der Waals surface area contributed by atoms with E-state index in [0.29, 0.717) is 4.99 Å². The largest absolute Gasteiger partial charge is 0.389 e. The van der Waals surface area contributed by atoms with Gasteiger partial charge in [0.1, 0.15) is 4.99 Å². The van der Waals surface area contributed by atoms with Crippen LogP contribution in [0.5, 0.6) is 0 Å². The zero-order valence-electron chi connectivity index (χ0n) is 11.3. The molecule has 2 aromatic carbocycles. The van der Waals surface area contributed by atoms with E-state index in [1.54, 1.807) is 0 Å². The molecule has 0 fully saturated rings. The number of halogens is 1. The maximum Gasteiger partial charge on any atom is 0.104 e. The minimum absolute atomic E-state index is 0.421. The molecule has 0 aliphatic carbocycles. The van der Waals surface area contributed by atoms with Crippen LogP contribution in [0.4, 0.5) is 5.69 Å². The molecule has 2 nitrogen and oxygen atoms in total. The first kappa shape index (κ1) is 15.0. The van der Waals surface area contributed by atoms with Gasteiger partial charge in [0.15, 0.2) is 0 Å². The Bertz CT molecular complexity index is 599. The van der Waals surface area contributed by atoms with Gasteiger partial charge >= 0.3 is 0 Å². The van der Waals surface area contributed by atoms with Gasteiger partial charge in [0.25, 0.3) is 0 Å². The summed E-state index contributed by atoms with van der Waals surface area (Å²) >= 11 is 8.57. The molecule has 0 aromatic heterocycles. The van der Waals surface area contributed by atoms with E-state index in [9.17, 15) is 0 Å². The van der Waals surface area contributed by atoms with Gasteiger partial charge in [-0.15, -0.1) is 0 Å². The average molecular weight is 349 g/mol. The van der Waals surface area contributed by atoms with Crippen molar-refractivity contribution in [1.82, 2.24) is 0 Å². The first-order valence-electron chi connectivity index (χ1n) is 6.42. The van der Waals surface area contributed by atoms with Gasteiger partial charge in [0, 0.05) is 23.6 Å². The second kappa shape index (κ2) is 6.86. The molecular weight excluding hydrogens is 332 g/mol. The Kier molecular flexibility index (Phi) is 5.15. The lowest BCUT2D eigenvalue weighted by Crippen LogP contribution is -2.21. The van der Waals surface area contributed by atoms with Crippen LogP contribution in [0.2, 0.25) is 0 Å². The molecule has 0 radical (unpaired) electrons. The zero-order valence-corrected chi connectivity index (χ0v) is 13.7. The lowest BCUT2D eigenvalue weighted by atomic mass is 10.1. The molecule has 0 saturated carbocycles. The van der Waals surface area contributed by atoms with Gasteiger partial charge in [0.2, 0.25) is 0 Å². The number of nitrogens with zero attached hydrogens (tertiary/aromatic N) is 1. The van der Waals surface area contributed by atoms with Crippen molar-refractivity contribution in [3.05, 3.63) is 64.1 Å². The van der Waals surface area contributed by atoms with Crippen molar-refractivity contribution < 1.29 is 0 Å². The molecule has 0 heterocycles. The Balaban J connectivity index is 2.06. The van der Waals surface area contributed by atoms with Crippen LogP contribution in [0, 0.1) is 0 Å². The summed E-state index contributed by atoms with van der Waals surface area (Å²) in [6.45, 7) is 0.953. The number of rotatable bonds is 5. The van der Waals surface area contributed by atoms with E-state index in [1.165, 1.54) is 5.56 Å². The van der Waals surface area contributed by atoms with Gasteiger partial charge in [-0.25, -0.2) is 0 Å². The highest BCUT2D eigenvalue weighted by Crippen LogP contribution is 2.26. The highest BCUT2D eigenvalue weighted by molar-refractivity contribution is 9.10. The Morgan fingerprint density at radius 1 is 1.20 bits per heavy atom. The van der Waals surface area contributed by atoms with Crippen molar-refractivity contribution >= 4 is 38.8 Å². The molecule has 2 rings (SSSR count). The van der Waals surface area contributed by atoms with Gasteiger partial charge in [0.05, 0.1) is 5.69 Å². The fraction of sp³-hybridized carbons (Fsp3) is 0.188. The first-order chi connectivity index (χ1) is 9.58. The number of hydrogen-bond donors (Lipinski definition) is 1. The van der Waals surface area contributed by atoms with E-state index >= 15 is 0 Å². The second-order valence-corrected chi connectivity index (χ2v) is 5.98. The molecule has 104 valence electrons. The number of thiocarbonyl (C=S) groups is 1. The van der Waals surface area contributed by atoms with Crippen LogP contribution in [0.1, 0.15) is 11.1 Å². The molecule has 20 heavy (non-hydrogen) atoms. The normalized spacial score (nSPS) is 10.3.